The maximum absolute atomic E-state index is 11.2. The predicted octanol–water partition coefficient (Wildman–Crippen LogP) is 0.948. The van der Waals surface area contributed by atoms with Gasteiger partial charge in [0.1, 0.15) is 5.75 Å². The van der Waals surface area contributed by atoms with Crippen LogP contribution in [0.15, 0.2) is 18.2 Å². The van der Waals surface area contributed by atoms with Gasteiger partial charge >= 0.3 is 5.97 Å². The molecular weight excluding hydrogens is 244 g/mol. The molecule has 0 saturated carbocycles. The van der Waals surface area contributed by atoms with E-state index in [1.807, 2.05) is 25.2 Å². The minimum absolute atomic E-state index is 0.0610. The van der Waals surface area contributed by atoms with E-state index in [1.165, 1.54) is 5.69 Å². The lowest BCUT2D eigenvalue weighted by molar-refractivity contribution is -0.145. The van der Waals surface area contributed by atoms with Gasteiger partial charge < -0.3 is 20.1 Å². The normalized spacial score (nSPS) is 17.8. The number of ether oxygens (including phenoxy) is 2. The fraction of sp³-hybridized carbons (Fsp3) is 0.500. The maximum Gasteiger partial charge on any atom is 0.344 e. The van der Waals surface area contributed by atoms with Gasteiger partial charge in [0, 0.05) is 25.3 Å². The Hall–Kier alpha value is -1.75. The van der Waals surface area contributed by atoms with Gasteiger partial charge in [-0.25, -0.2) is 4.79 Å². The Labute approximate surface area is 113 Å². The minimum Gasteiger partial charge on any atom is -0.482 e. The molecule has 1 heterocycles. The van der Waals surface area contributed by atoms with Gasteiger partial charge in [0.2, 0.25) is 0 Å². The minimum atomic E-state index is -0.353. The molecule has 1 unspecified atom stereocenters. The van der Waals surface area contributed by atoms with Crippen LogP contribution in [0.25, 0.3) is 0 Å². The Balaban J connectivity index is 2.04. The number of nitrogens with two attached hydrogens (primary N) is 1. The average molecular weight is 264 g/mol. The number of benzene rings is 1. The van der Waals surface area contributed by atoms with Crippen LogP contribution in [-0.4, -0.2) is 38.8 Å². The summed E-state index contributed by atoms with van der Waals surface area (Å²) >= 11 is 0. The Bertz CT molecular complexity index is 462. The second kappa shape index (κ2) is 5.93. The molecule has 1 aromatic carbocycles. The number of esters is 1. The Morgan fingerprint density at radius 2 is 2.32 bits per heavy atom. The number of anilines is 1. The molecule has 5 heteroatoms. The summed E-state index contributed by atoms with van der Waals surface area (Å²) in [5.74, 6) is 0.323. The molecule has 1 aromatic rings. The van der Waals surface area contributed by atoms with Crippen LogP contribution in [0.4, 0.5) is 5.69 Å². The first-order chi connectivity index (χ1) is 9.10. The van der Waals surface area contributed by atoms with Gasteiger partial charge in [-0.3, -0.25) is 0 Å². The van der Waals surface area contributed by atoms with Crippen molar-refractivity contribution in [3.05, 3.63) is 23.8 Å². The molecule has 2 rings (SSSR count). The number of rotatable bonds is 4. The second-order valence-electron chi connectivity index (χ2n) is 4.73. The summed E-state index contributed by atoms with van der Waals surface area (Å²) in [6.45, 7) is 2.94. The second-order valence-corrected chi connectivity index (χ2v) is 4.73. The van der Waals surface area contributed by atoms with E-state index in [0.717, 1.165) is 18.5 Å². The molecule has 0 bridgehead atoms. The Kier molecular flexibility index (Phi) is 4.27. The van der Waals surface area contributed by atoms with Crippen LogP contribution in [0.2, 0.25) is 0 Å². The third-order valence-corrected chi connectivity index (χ3v) is 3.11. The zero-order valence-corrected chi connectivity index (χ0v) is 11.4. The summed E-state index contributed by atoms with van der Waals surface area (Å²) in [4.78, 5) is 13.4. The molecule has 0 aliphatic carbocycles. The maximum atomic E-state index is 11.2. The highest BCUT2D eigenvalue weighted by atomic mass is 16.6. The fourth-order valence-corrected chi connectivity index (χ4v) is 2.33. The molecule has 2 N–H and O–H groups in total. The van der Waals surface area contributed by atoms with Crippen LogP contribution < -0.4 is 15.4 Å². The molecule has 0 aromatic heterocycles. The summed E-state index contributed by atoms with van der Waals surface area (Å²) in [6, 6.07) is 5.95. The zero-order valence-electron chi connectivity index (χ0n) is 11.4. The number of nitrogens with zero attached hydrogens (tertiary/aromatic N) is 1. The van der Waals surface area contributed by atoms with Gasteiger partial charge in [-0.2, -0.15) is 0 Å². The molecule has 5 nitrogen and oxygen atoms in total. The van der Waals surface area contributed by atoms with E-state index < -0.39 is 0 Å². The smallest absolute Gasteiger partial charge is 0.344 e. The average Bonchev–Trinajstić information content (AvgIpc) is 2.36. The van der Waals surface area contributed by atoms with Crippen molar-refractivity contribution in [2.24, 2.45) is 5.73 Å². The first-order valence-electron chi connectivity index (χ1n) is 6.48. The third kappa shape index (κ3) is 3.38. The van der Waals surface area contributed by atoms with E-state index >= 15 is 0 Å². The topological polar surface area (TPSA) is 64.8 Å². The SMILES string of the molecule is CCOC(=O)COc1ccc2c(c1)CC(N)CN2C. The van der Waals surface area contributed by atoms with Gasteiger partial charge in [-0.15, -0.1) is 0 Å². The van der Waals surface area contributed by atoms with Crippen LogP contribution in [0, 0.1) is 0 Å². The molecule has 0 amide bonds. The van der Waals surface area contributed by atoms with Crippen LogP contribution in [0.5, 0.6) is 5.75 Å². The summed E-state index contributed by atoms with van der Waals surface area (Å²) in [5, 5.41) is 0. The number of carbonyl (C=O) groups is 1. The summed E-state index contributed by atoms with van der Waals surface area (Å²) < 4.78 is 10.2. The van der Waals surface area contributed by atoms with Crippen molar-refractivity contribution in [1.82, 2.24) is 0 Å². The van der Waals surface area contributed by atoms with Crippen LogP contribution in [0.3, 0.4) is 0 Å². The first-order valence-corrected chi connectivity index (χ1v) is 6.48. The lowest BCUT2D eigenvalue weighted by Crippen LogP contribution is -2.41. The largest absolute Gasteiger partial charge is 0.482 e. The van der Waals surface area contributed by atoms with Crippen molar-refractivity contribution < 1.29 is 14.3 Å². The van der Waals surface area contributed by atoms with Gasteiger partial charge in [0.25, 0.3) is 0 Å². The third-order valence-electron chi connectivity index (χ3n) is 3.11. The molecule has 19 heavy (non-hydrogen) atoms. The number of likely N-dealkylation sites (N-methyl/N-ethyl adjacent to an activating group) is 1. The highest BCUT2D eigenvalue weighted by molar-refractivity contribution is 5.71. The van der Waals surface area contributed by atoms with Crippen molar-refractivity contribution in [2.75, 3.05) is 31.7 Å². The van der Waals surface area contributed by atoms with Crippen molar-refractivity contribution in [3.8, 4) is 5.75 Å². The first kappa shape index (κ1) is 13.7. The molecule has 104 valence electrons. The summed E-state index contributed by atoms with van der Waals surface area (Å²) in [7, 11) is 2.02. The molecule has 0 radical (unpaired) electrons. The monoisotopic (exact) mass is 264 g/mol. The lowest BCUT2D eigenvalue weighted by atomic mass is 9.99. The van der Waals surface area contributed by atoms with Crippen LogP contribution in [-0.2, 0) is 16.0 Å². The highest BCUT2D eigenvalue weighted by Crippen LogP contribution is 2.29. The number of hydrogen-bond acceptors (Lipinski definition) is 5. The van der Waals surface area contributed by atoms with Gasteiger partial charge in [-0.05, 0) is 37.1 Å². The molecule has 1 atom stereocenters. The highest BCUT2D eigenvalue weighted by Gasteiger charge is 2.19. The van der Waals surface area contributed by atoms with E-state index in [-0.39, 0.29) is 18.6 Å². The predicted molar refractivity (Wildman–Crippen MR) is 73.5 cm³/mol. The Morgan fingerprint density at radius 1 is 1.53 bits per heavy atom. The van der Waals surface area contributed by atoms with E-state index in [0.29, 0.717) is 12.4 Å². The quantitative estimate of drug-likeness (QED) is 0.820. The number of fused-ring (bicyclic) bond motifs is 1. The fourth-order valence-electron chi connectivity index (χ4n) is 2.33. The molecule has 0 fully saturated rings. The van der Waals surface area contributed by atoms with Crippen LogP contribution in [0.1, 0.15) is 12.5 Å². The van der Waals surface area contributed by atoms with Crippen LogP contribution >= 0.6 is 0 Å². The van der Waals surface area contributed by atoms with Crippen molar-refractivity contribution >= 4 is 11.7 Å². The molecular formula is C14H20N2O3. The van der Waals surface area contributed by atoms with Gasteiger partial charge in [0.05, 0.1) is 6.61 Å². The molecule has 0 saturated heterocycles. The number of carbonyl (C=O) groups excluding carboxylic acids is 1. The molecule has 1 aliphatic rings. The number of hydrogen-bond donors (Lipinski definition) is 1. The van der Waals surface area contributed by atoms with E-state index in [1.54, 1.807) is 6.92 Å². The molecule has 1 aliphatic heterocycles. The van der Waals surface area contributed by atoms with Crippen molar-refractivity contribution in [2.45, 2.75) is 19.4 Å². The van der Waals surface area contributed by atoms with Gasteiger partial charge in [0.15, 0.2) is 6.61 Å². The lowest BCUT2D eigenvalue weighted by Gasteiger charge is -2.31. The zero-order chi connectivity index (χ0) is 13.8. The van der Waals surface area contributed by atoms with Crippen molar-refractivity contribution in [3.63, 3.8) is 0 Å². The molecule has 0 spiro atoms. The Morgan fingerprint density at radius 3 is 3.05 bits per heavy atom. The standard InChI is InChI=1S/C14H20N2O3/c1-3-18-14(17)9-19-12-4-5-13-10(7-12)6-11(15)8-16(13)2/h4-5,7,11H,3,6,8-9,15H2,1-2H3. The summed E-state index contributed by atoms with van der Waals surface area (Å²) in [6.07, 6.45) is 0.830. The van der Waals surface area contributed by atoms with E-state index in [9.17, 15) is 4.79 Å². The van der Waals surface area contributed by atoms with Crippen molar-refractivity contribution in [1.29, 1.82) is 0 Å². The summed E-state index contributed by atoms with van der Waals surface area (Å²) in [5.41, 5.74) is 8.32. The van der Waals surface area contributed by atoms with E-state index in [2.05, 4.69) is 4.90 Å². The van der Waals surface area contributed by atoms with Gasteiger partial charge in [-0.1, -0.05) is 0 Å². The van der Waals surface area contributed by atoms with E-state index in [4.69, 9.17) is 15.2 Å².